The first-order valence-electron chi connectivity index (χ1n) is 7.43. The van der Waals surface area contributed by atoms with E-state index in [0.717, 1.165) is 18.2 Å². The summed E-state index contributed by atoms with van der Waals surface area (Å²) in [7, 11) is 0. The van der Waals surface area contributed by atoms with Crippen molar-refractivity contribution >= 4 is 17.8 Å². The first-order valence-corrected chi connectivity index (χ1v) is 7.43. The lowest BCUT2D eigenvalue weighted by atomic mass is 10.0. The Morgan fingerprint density at radius 1 is 1.28 bits per heavy atom. The van der Waals surface area contributed by atoms with Gasteiger partial charge in [-0.2, -0.15) is 13.2 Å². The Labute approximate surface area is 142 Å². The van der Waals surface area contributed by atoms with Crippen molar-refractivity contribution in [3.63, 3.8) is 0 Å². The average Bonchev–Trinajstić information content (AvgIpc) is 2.53. The number of alkyl halides is 3. The number of aliphatic carboxylic acids is 1. The van der Waals surface area contributed by atoms with Gasteiger partial charge in [-0.25, -0.2) is 4.79 Å². The molecule has 9 heteroatoms. The molecule has 2 N–H and O–H groups in total. The Hall–Kier alpha value is -2.58. The quantitative estimate of drug-likeness (QED) is 0.728. The van der Waals surface area contributed by atoms with Crippen LogP contribution in [0, 0.1) is 5.92 Å². The predicted molar refractivity (Wildman–Crippen MR) is 80.7 cm³/mol. The first kappa shape index (κ1) is 20.5. The number of rotatable bonds is 7. The highest BCUT2D eigenvalue weighted by molar-refractivity contribution is 5.96. The molecule has 0 aliphatic rings. The number of amides is 1. The topological polar surface area (TPSA) is 92.7 Å². The number of hydrogen-bond acceptors (Lipinski definition) is 4. The lowest BCUT2D eigenvalue weighted by molar-refractivity contribution is -0.148. The van der Waals surface area contributed by atoms with E-state index in [9.17, 15) is 27.6 Å². The van der Waals surface area contributed by atoms with Crippen LogP contribution in [0.3, 0.4) is 0 Å². The van der Waals surface area contributed by atoms with Gasteiger partial charge in [0.2, 0.25) is 0 Å². The summed E-state index contributed by atoms with van der Waals surface area (Å²) in [6.45, 7) is 3.15. The Morgan fingerprint density at radius 2 is 1.92 bits per heavy atom. The van der Waals surface area contributed by atoms with Crippen LogP contribution in [0.1, 0.15) is 36.2 Å². The van der Waals surface area contributed by atoms with E-state index in [1.165, 1.54) is 6.92 Å². The number of hydrogen-bond donors (Lipinski definition) is 2. The summed E-state index contributed by atoms with van der Waals surface area (Å²) in [5.41, 5.74) is -1.35. The minimum absolute atomic E-state index is 0.123. The van der Waals surface area contributed by atoms with Crippen molar-refractivity contribution in [2.75, 3.05) is 6.61 Å². The van der Waals surface area contributed by atoms with Gasteiger partial charge in [0, 0.05) is 5.56 Å². The molecule has 0 saturated carbocycles. The fourth-order valence-electron chi connectivity index (χ4n) is 2.03. The number of carboxylic acids is 1. The zero-order valence-corrected chi connectivity index (χ0v) is 13.6. The highest BCUT2D eigenvalue weighted by Gasteiger charge is 2.31. The third-order valence-corrected chi connectivity index (χ3v) is 3.33. The van der Waals surface area contributed by atoms with Gasteiger partial charge in [0.25, 0.3) is 5.91 Å². The van der Waals surface area contributed by atoms with Gasteiger partial charge in [-0.05, 0) is 31.5 Å². The Kier molecular flexibility index (Phi) is 6.96. The van der Waals surface area contributed by atoms with Crippen LogP contribution in [-0.2, 0) is 20.5 Å². The molecular weight excluding hydrogens is 343 g/mol. The molecule has 6 nitrogen and oxygen atoms in total. The maximum absolute atomic E-state index is 12.7. The molecule has 0 aromatic heterocycles. The van der Waals surface area contributed by atoms with E-state index in [4.69, 9.17) is 9.84 Å². The van der Waals surface area contributed by atoms with Crippen LogP contribution in [0.5, 0.6) is 0 Å². The zero-order valence-electron chi connectivity index (χ0n) is 13.6. The molecule has 0 radical (unpaired) electrons. The zero-order chi connectivity index (χ0) is 19.2. The number of esters is 1. The van der Waals surface area contributed by atoms with Crippen LogP contribution in [0.4, 0.5) is 13.2 Å². The predicted octanol–water partition coefficient (Wildman–Crippen LogP) is 2.48. The van der Waals surface area contributed by atoms with Crippen LogP contribution in [0.2, 0.25) is 0 Å². The van der Waals surface area contributed by atoms with Gasteiger partial charge in [0.05, 0.1) is 18.1 Å². The maximum atomic E-state index is 12.7. The monoisotopic (exact) mass is 361 g/mol. The van der Waals surface area contributed by atoms with Crippen molar-refractivity contribution in [1.29, 1.82) is 0 Å². The fraction of sp³-hybridized carbons (Fsp3) is 0.438. The third kappa shape index (κ3) is 6.09. The lowest BCUT2D eigenvalue weighted by Crippen LogP contribution is -2.42. The second-order valence-electron chi connectivity index (χ2n) is 5.33. The average molecular weight is 361 g/mol. The minimum Gasteiger partial charge on any atom is -0.480 e. The minimum atomic E-state index is -4.62. The van der Waals surface area contributed by atoms with Crippen LogP contribution >= 0.6 is 0 Å². The van der Waals surface area contributed by atoms with Crippen molar-refractivity contribution in [3.05, 3.63) is 35.4 Å². The molecule has 0 spiro atoms. The van der Waals surface area contributed by atoms with Crippen molar-refractivity contribution in [1.82, 2.24) is 5.32 Å². The molecule has 1 aromatic carbocycles. The van der Waals surface area contributed by atoms with Crippen molar-refractivity contribution in [3.8, 4) is 0 Å². The largest absolute Gasteiger partial charge is 0.480 e. The highest BCUT2D eigenvalue weighted by atomic mass is 19.4. The molecule has 138 valence electrons. The van der Waals surface area contributed by atoms with Gasteiger partial charge >= 0.3 is 18.1 Å². The van der Waals surface area contributed by atoms with E-state index < -0.39 is 41.5 Å². The van der Waals surface area contributed by atoms with Gasteiger partial charge < -0.3 is 15.2 Å². The normalized spacial score (nSPS) is 13.6. The van der Waals surface area contributed by atoms with Gasteiger partial charge in [0.15, 0.2) is 0 Å². The fourth-order valence-corrected chi connectivity index (χ4v) is 2.03. The van der Waals surface area contributed by atoms with Crippen LogP contribution in [0.15, 0.2) is 24.3 Å². The standard InChI is InChI=1S/C16H18F3NO5/c1-3-25-15(24)9(2)7-12(14(22)23)20-13(21)10-5-4-6-11(8-10)16(17,18)19/h4-6,8-9,12H,3,7H2,1-2H3,(H,20,21)(H,22,23)/t9-,12-/m1/s1. The Balaban J connectivity index is 2.87. The molecule has 0 bridgehead atoms. The molecular formula is C16H18F3NO5. The van der Waals surface area contributed by atoms with E-state index in [0.29, 0.717) is 6.07 Å². The molecule has 0 fully saturated rings. The smallest absolute Gasteiger partial charge is 0.416 e. The summed E-state index contributed by atoms with van der Waals surface area (Å²) in [5, 5.41) is 11.3. The number of nitrogens with one attached hydrogen (secondary N) is 1. The van der Waals surface area contributed by atoms with Crippen LogP contribution < -0.4 is 5.32 Å². The van der Waals surface area contributed by atoms with Gasteiger partial charge in [-0.3, -0.25) is 9.59 Å². The summed E-state index contributed by atoms with van der Waals surface area (Å²) < 4.78 is 42.8. The van der Waals surface area contributed by atoms with E-state index in [2.05, 4.69) is 5.32 Å². The van der Waals surface area contributed by atoms with E-state index in [-0.39, 0.29) is 18.6 Å². The van der Waals surface area contributed by atoms with E-state index >= 15 is 0 Å². The molecule has 1 rings (SSSR count). The number of benzene rings is 1. The summed E-state index contributed by atoms with van der Waals surface area (Å²) in [4.78, 5) is 34.9. The number of carbonyl (C=O) groups excluding carboxylic acids is 2. The SMILES string of the molecule is CCOC(=O)[C@H](C)C[C@@H](NC(=O)c1cccc(C(F)(F)F)c1)C(=O)O. The van der Waals surface area contributed by atoms with Crippen LogP contribution in [0.25, 0.3) is 0 Å². The van der Waals surface area contributed by atoms with Gasteiger partial charge in [-0.15, -0.1) is 0 Å². The molecule has 1 amide bonds. The molecule has 0 aliphatic carbocycles. The number of carboxylic acid groups (broad SMARTS) is 1. The number of halogens is 3. The summed E-state index contributed by atoms with van der Waals surface area (Å²) in [5.74, 6) is -3.81. The van der Waals surface area contributed by atoms with Crippen molar-refractivity contribution in [2.24, 2.45) is 5.92 Å². The third-order valence-electron chi connectivity index (χ3n) is 3.33. The Bertz CT molecular complexity index is 645. The molecule has 0 saturated heterocycles. The van der Waals surface area contributed by atoms with E-state index in [1.54, 1.807) is 6.92 Å². The molecule has 1 aromatic rings. The Morgan fingerprint density at radius 3 is 2.44 bits per heavy atom. The second kappa shape index (κ2) is 8.50. The molecule has 0 aliphatic heterocycles. The molecule has 0 unspecified atom stereocenters. The van der Waals surface area contributed by atoms with Gasteiger partial charge in [-0.1, -0.05) is 13.0 Å². The van der Waals surface area contributed by atoms with Crippen molar-refractivity contribution in [2.45, 2.75) is 32.5 Å². The summed E-state index contributed by atoms with van der Waals surface area (Å²) in [6.07, 6.45) is -4.88. The lowest BCUT2D eigenvalue weighted by Gasteiger charge is -2.18. The second-order valence-corrected chi connectivity index (χ2v) is 5.33. The maximum Gasteiger partial charge on any atom is 0.416 e. The first-order chi connectivity index (χ1) is 11.6. The molecule has 2 atom stereocenters. The van der Waals surface area contributed by atoms with Gasteiger partial charge in [0.1, 0.15) is 6.04 Å². The number of carbonyl (C=O) groups is 3. The van der Waals surface area contributed by atoms with Crippen LogP contribution in [-0.4, -0.2) is 35.6 Å². The summed E-state index contributed by atoms with van der Waals surface area (Å²) in [6, 6.07) is 2.17. The number of ether oxygens (including phenoxy) is 1. The highest BCUT2D eigenvalue weighted by Crippen LogP contribution is 2.29. The molecule has 0 heterocycles. The van der Waals surface area contributed by atoms with E-state index in [1.807, 2.05) is 0 Å². The molecule has 25 heavy (non-hydrogen) atoms. The summed E-state index contributed by atoms with van der Waals surface area (Å²) >= 11 is 0. The van der Waals surface area contributed by atoms with Crippen molar-refractivity contribution < 1.29 is 37.4 Å².